The van der Waals surface area contributed by atoms with Crippen LogP contribution in [-0.2, 0) is 11.0 Å². The van der Waals surface area contributed by atoms with Crippen LogP contribution in [0.4, 0.5) is 39.1 Å². The van der Waals surface area contributed by atoms with Gasteiger partial charge < -0.3 is 16.4 Å². The van der Waals surface area contributed by atoms with Gasteiger partial charge in [-0.05, 0) is 36.4 Å². The molecule has 3 rings (SSSR count). The lowest BCUT2D eigenvalue weighted by molar-refractivity contribution is -0.137. The van der Waals surface area contributed by atoms with Crippen molar-refractivity contribution < 1.29 is 31.5 Å². The van der Waals surface area contributed by atoms with Crippen molar-refractivity contribution in [1.29, 1.82) is 0 Å². The first kappa shape index (κ1) is 24.7. The number of benzene rings is 2. The first-order valence-electron chi connectivity index (χ1n) is 9.20. The summed E-state index contributed by atoms with van der Waals surface area (Å²) in [5.74, 6) is -4.79. The zero-order valence-corrected chi connectivity index (χ0v) is 17.6. The normalized spacial score (nSPS) is 11.2. The molecule has 14 heteroatoms. The van der Waals surface area contributed by atoms with Gasteiger partial charge in [-0.2, -0.15) is 13.2 Å². The van der Waals surface area contributed by atoms with E-state index in [-0.39, 0.29) is 22.2 Å². The third kappa shape index (κ3) is 6.10. The van der Waals surface area contributed by atoms with E-state index < -0.39 is 52.3 Å². The molecular formula is C20H14F5N5O3S. The summed E-state index contributed by atoms with van der Waals surface area (Å²) < 4.78 is 64.6. The number of carbonyl (C=O) groups excluding carboxylic acids is 2. The number of H-pyrrole nitrogens is 1. The summed E-state index contributed by atoms with van der Waals surface area (Å²) in [6.45, 7) is 0. The van der Waals surface area contributed by atoms with Crippen molar-refractivity contribution in [3.63, 3.8) is 0 Å². The summed E-state index contributed by atoms with van der Waals surface area (Å²) in [7, 11) is 0. The SMILES string of the molecule is Nc1nc(SCC(=O)Nc2cccc(C(F)(F)F)c2)[nH]c(=O)c1NC(=O)c1ccc(F)c(F)c1. The highest BCUT2D eigenvalue weighted by molar-refractivity contribution is 7.99. The molecule has 0 saturated carbocycles. The van der Waals surface area contributed by atoms with Gasteiger partial charge in [0.05, 0.1) is 11.3 Å². The lowest BCUT2D eigenvalue weighted by Crippen LogP contribution is -2.23. The Labute approximate surface area is 191 Å². The molecule has 0 fully saturated rings. The van der Waals surface area contributed by atoms with Gasteiger partial charge in [0, 0.05) is 11.3 Å². The van der Waals surface area contributed by atoms with Crippen LogP contribution in [0.5, 0.6) is 0 Å². The standard InChI is InChI=1S/C20H14F5N5O3S/c21-12-5-4-9(6-13(12)22)17(32)28-15-16(26)29-19(30-18(15)33)34-8-14(31)27-11-3-1-2-10(7-11)20(23,24)25/h1-7H,8H2,(H,27,31)(H,28,32)(H3,26,29,30,33). The van der Waals surface area contributed by atoms with Crippen LogP contribution in [0.3, 0.4) is 0 Å². The number of rotatable bonds is 6. The highest BCUT2D eigenvalue weighted by Gasteiger charge is 2.30. The molecule has 0 aliphatic carbocycles. The van der Waals surface area contributed by atoms with Gasteiger partial charge in [0.2, 0.25) is 5.91 Å². The predicted molar refractivity (Wildman–Crippen MR) is 114 cm³/mol. The number of carbonyl (C=O) groups is 2. The van der Waals surface area contributed by atoms with Crippen molar-refractivity contribution in [2.24, 2.45) is 0 Å². The van der Waals surface area contributed by atoms with Gasteiger partial charge in [0.25, 0.3) is 11.5 Å². The van der Waals surface area contributed by atoms with Crippen molar-refractivity contribution in [1.82, 2.24) is 9.97 Å². The second-order valence-corrected chi connectivity index (χ2v) is 7.59. The molecule has 0 aliphatic heterocycles. The fourth-order valence-electron chi connectivity index (χ4n) is 2.59. The van der Waals surface area contributed by atoms with Crippen molar-refractivity contribution in [2.75, 3.05) is 22.1 Å². The third-order valence-electron chi connectivity index (χ3n) is 4.16. The van der Waals surface area contributed by atoms with Crippen LogP contribution in [0.15, 0.2) is 52.4 Å². The van der Waals surface area contributed by atoms with Crippen molar-refractivity contribution in [3.05, 3.63) is 75.6 Å². The van der Waals surface area contributed by atoms with E-state index in [4.69, 9.17) is 5.73 Å². The molecular weight excluding hydrogens is 485 g/mol. The van der Waals surface area contributed by atoms with Gasteiger partial charge in [-0.15, -0.1) is 0 Å². The maximum absolute atomic E-state index is 13.3. The zero-order valence-electron chi connectivity index (χ0n) is 16.8. The highest BCUT2D eigenvalue weighted by Crippen LogP contribution is 2.30. The molecule has 178 valence electrons. The van der Waals surface area contributed by atoms with Crippen LogP contribution in [0.25, 0.3) is 0 Å². The Bertz CT molecular complexity index is 1310. The number of nitrogens with two attached hydrogens (primary N) is 1. The number of hydrogen-bond acceptors (Lipinski definition) is 6. The number of thioether (sulfide) groups is 1. The molecule has 2 amide bonds. The van der Waals surface area contributed by atoms with Crippen LogP contribution in [0, 0.1) is 11.6 Å². The predicted octanol–water partition coefficient (Wildman–Crippen LogP) is 3.63. The number of nitrogens with one attached hydrogen (secondary N) is 3. The van der Waals surface area contributed by atoms with Crippen LogP contribution in [0.1, 0.15) is 15.9 Å². The number of alkyl halides is 3. The van der Waals surface area contributed by atoms with Gasteiger partial charge >= 0.3 is 6.18 Å². The molecule has 2 aromatic carbocycles. The number of aromatic nitrogens is 2. The Morgan fingerprint density at radius 1 is 1.06 bits per heavy atom. The second kappa shape index (κ2) is 9.91. The summed E-state index contributed by atoms with van der Waals surface area (Å²) in [4.78, 5) is 42.6. The summed E-state index contributed by atoms with van der Waals surface area (Å²) >= 11 is 0.728. The van der Waals surface area contributed by atoms with Crippen LogP contribution >= 0.6 is 11.8 Å². The average Bonchev–Trinajstić information content (AvgIpc) is 2.76. The number of amides is 2. The quantitative estimate of drug-likeness (QED) is 0.233. The Kier molecular flexibility index (Phi) is 7.20. The van der Waals surface area contributed by atoms with E-state index in [0.29, 0.717) is 6.07 Å². The van der Waals surface area contributed by atoms with Crippen LogP contribution in [0.2, 0.25) is 0 Å². The van der Waals surface area contributed by atoms with Crippen molar-refractivity contribution in [3.8, 4) is 0 Å². The van der Waals surface area contributed by atoms with E-state index in [1.807, 2.05) is 0 Å². The van der Waals surface area contributed by atoms with E-state index >= 15 is 0 Å². The molecule has 0 radical (unpaired) electrons. The minimum Gasteiger partial charge on any atom is -0.382 e. The maximum Gasteiger partial charge on any atom is 0.416 e. The summed E-state index contributed by atoms with van der Waals surface area (Å²) in [6, 6.07) is 6.41. The minimum absolute atomic E-state index is 0.0725. The molecule has 3 aromatic rings. The number of halogens is 5. The maximum atomic E-state index is 13.3. The molecule has 5 N–H and O–H groups in total. The smallest absolute Gasteiger partial charge is 0.382 e. The second-order valence-electron chi connectivity index (χ2n) is 6.63. The molecule has 8 nitrogen and oxygen atoms in total. The van der Waals surface area contributed by atoms with Crippen LogP contribution in [-0.4, -0.2) is 27.5 Å². The lowest BCUT2D eigenvalue weighted by atomic mass is 10.2. The minimum atomic E-state index is -4.57. The monoisotopic (exact) mass is 499 g/mol. The van der Waals surface area contributed by atoms with E-state index in [1.54, 1.807) is 0 Å². The molecule has 0 aliphatic rings. The van der Waals surface area contributed by atoms with E-state index in [0.717, 1.165) is 42.1 Å². The molecule has 0 unspecified atom stereocenters. The number of nitrogens with zero attached hydrogens (tertiary/aromatic N) is 1. The summed E-state index contributed by atoms with van der Waals surface area (Å²) in [6.07, 6.45) is -4.57. The fourth-order valence-corrected chi connectivity index (χ4v) is 3.25. The number of nitrogen functional groups attached to an aromatic ring is 1. The molecule has 0 spiro atoms. The van der Waals surface area contributed by atoms with Crippen LogP contribution < -0.4 is 21.9 Å². The largest absolute Gasteiger partial charge is 0.416 e. The third-order valence-corrected chi connectivity index (χ3v) is 5.03. The summed E-state index contributed by atoms with van der Waals surface area (Å²) in [5.41, 5.74) is 3.07. The van der Waals surface area contributed by atoms with E-state index in [1.165, 1.54) is 6.07 Å². The lowest BCUT2D eigenvalue weighted by Gasteiger charge is -2.10. The molecule has 0 bridgehead atoms. The zero-order chi connectivity index (χ0) is 25.0. The van der Waals surface area contributed by atoms with Crippen molar-refractivity contribution >= 4 is 40.8 Å². The van der Waals surface area contributed by atoms with E-state index in [2.05, 4.69) is 20.6 Å². The number of anilines is 3. The van der Waals surface area contributed by atoms with Gasteiger partial charge in [-0.25, -0.2) is 13.8 Å². The van der Waals surface area contributed by atoms with Gasteiger partial charge in [-0.1, -0.05) is 17.8 Å². The van der Waals surface area contributed by atoms with Gasteiger partial charge in [0.1, 0.15) is 5.69 Å². The first-order valence-corrected chi connectivity index (χ1v) is 10.2. The summed E-state index contributed by atoms with van der Waals surface area (Å²) in [5, 5.41) is 4.33. The molecule has 34 heavy (non-hydrogen) atoms. The highest BCUT2D eigenvalue weighted by atomic mass is 32.2. The Balaban J connectivity index is 1.64. The van der Waals surface area contributed by atoms with E-state index in [9.17, 15) is 36.3 Å². The Hall–Kier alpha value is -3.94. The fraction of sp³-hybridized carbons (Fsp3) is 0.100. The van der Waals surface area contributed by atoms with Gasteiger partial charge in [0.15, 0.2) is 22.6 Å². The van der Waals surface area contributed by atoms with Crippen molar-refractivity contribution in [2.45, 2.75) is 11.3 Å². The molecule has 0 atom stereocenters. The molecule has 1 heterocycles. The average molecular weight is 499 g/mol. The Morgan fingerprint density at radius 3 is 2.44 bits per heavy atom. The molecule has 1 aromatic heterocycles. The first-order chi connectivity index (χ1) is 15.9. The Morgan fingerprint density at radius 2 is 1.79 bits per heavy atom. The number of aromatic amines is 1. The molecule has 0 saturated heterocycles. The topological polar surface area (TPSA) is 130 Å². The van der Waals surface area contributed by atoms with Gasteiger partial charge in [-0.3, -0.25) is 19.4 Å². The number of hydrogen-bond donors (Lipinski definition) is 4.